The molecule has 3 rings (SSSR count). The lowest BCUT2D eigenvalue weighted by molar-refractivity contribution is 0.453. The second kappa shape index (κ2) is 3.36. The Morgan fingerprint density at radius 1 is 1.31 bits per heavy atom. The molecule has 0 aliphatic carbocycles. The summed E-state index contributed by atoms with van der Waals surface area (Å²) in [5.74, 6) is 0. The summed E-state index contributed by atoms with van der Waals surface area (Å²) in [6.45, 7) is 8.83. The zero-order chi connectivity index (χ0) is 11.3. The van der Waals surface area contributed by atoms with Gasteiger partial charge in [0.05, 0.1) is 0 Å². The van der Waals surface area contributed by atoms with Crippen molar-refractivity contribution in [1.29, 1.82) is 0 Å². The molecule has 0 amide bonds. The van der Waals surface area contributed by atoms with Gasteiger partial charge in [-0.25, -0.2) is 0 Å². The van der Waals surface area contributed by atoms with Gasteiger partial charge in [0.1, 0.15) is 0 Å². The molecule has 16 heavy (non-hydrogen) atoms. The van der Waals surface area contributed by atoms with E-state index in [2.05, 4.69) is 48.9 Å². The van der Waals surface area contributed by atoms with Gasteiger partial charge in [-0.3, -0.25) is 0 Å². The maximum atomic E-state index is 3.53. The van der Waals surface area contributed by atoms with Crippen LogP contribution >= 0.6 is 0 Å². The van der Waals surface area contributed by atoms with Crippen LogP contribution in [0.15, 0.2) is 18.2 Å². The zero-order valence-corrected chi connectivity index (χ0v) is 10.2. The van der Waals surface area contributed by atoms with Crippen LogP contribution in [0.4, 0.5) is 0 Å². The van der Waals surface area contributed by atoms with Crippen LogP contribution < -0.4 is 5.32 Å². The molecule has 2 aromatic rings. The third-order valence-electron chi connectivity index (χ3n) is 3.72. The average molecular weight is 214 g/mol. The van der Waals surface area contributed by atoms with Gasteiger partial charge in [0.2, 0.25) is 0 Å². The van der Waals surface area contributed by atoms with Gasteiger partial charge in [0, 0.05) is 35.7 Å². The van der Waals surface area contributed by atoms with Gasteiger partial charge in [0.15, 0.2) is 0 Å². The topological polar surface area (TPSA) is 17.0 Å². The summed E-state index contributed by atoms with van der Waals surface area (Å²) in [7, 11) is 0. The highest BCUT2D eigenvalue weighted by atomic mass is 15.1. The van der Waals surface area contributed by atoms with Crippen LogP contribution in [0.25, 0.3) is 10.9 Å². The van der Waals surface area contributed by atoms with E-state index in [1.165, 1.54) is 27.7 Å². The lowest BCUT2D eigenvalue weighted by atomic mass is 10.1. The van der Waals surface area contributed by atoms with Gasteiger partial charge in [-0.1, -0.05) is 11.6 Å². The number of benzene rings is 1. The van der Waals surface area contributed by atoms with E-state index >= 15 is 0 Å². The number of hydrogen-bond acceptors (Lipinski definition) is 1. The minimum atomic E-state index is 0.474. The van der Waals surface area contributed by atoms with Crippen LogP contribution in [0.2, 0.25) is 0 Å². The van der Waals surface area contributed by atoms with E-state index in [0.717, 1.165) is 13.1 Å². The Bertz CT molecular complexity index is 551. The van der Waals surface area contributed by atoms with Crippen molar-refractivity contribution in [3.63, 3.8) is 0 Å². The van der Waals surface area contributed by atoms with E-state index in [4.69, 9.17) is 0 Å². The molecule has 1 atom stereocenters. The molecule has 0 saturated carbocycles. The number of nitrogens with one attached hydrogen (secondary N) is 1. The molecule has 2 nitrogen and oxygen atoms in total. The molecule has 1 aliphatic rings. The van der Waals surface area contributed by atoms with E-state index in [0.29, 0.717) is 6.04 Å². The molecule has 0 fully saturated rings. The quantitative estimate of drug-likeness (QED) is 0.713. The second-order valence-electron chi connectivity index (χ2n) is 4.86. The van der Waals surface area contributed by atoms with Crippen molar-refractivity contribution in [1.82, 2.24) is 9.88 Å². The molecule has 1 N–H and O–H groups in total. The third kappa shape index (κ3) is 1.23. The fourth-order valence-corrected chi connectivity index (χ4v) is 2.94. The Hall–Kier alpha value is -1.28. The first-order valence-corrected chi connectivity index (χ1v) is 6.01. The molecule has 0 saturated heterocycles. The number of hydrogen-bond donors (Lipinski definition) is 1. The summed E-state index contributed by atoms with van der Waals surface area (Å²) in [4.78, 5) is 0. The van der Waals surface area contributed by atoms with Crippen molar-refractivity contribution in [2.75, 3.05) is 6.54 Å². The van der Waals surface area contributed by atoms with Crippen molar-refractivity contribution in [3.05, 3.63) is 35.0 Å². The minimum absolute atomic E-state index is 0.474. The lowest BCUT2D eigenvalue weighted by Gasteiger charge is -2.24. The molecule has 1 aromatic carbocycles. The molecular weight excluding hydrogens is 196 g/mol. The van der Waals surface area contributed by atoms with Gasteiger partial charge >= 0.3 is 0 Å². The molecule has 84 valence electrons. The van der Waals surface area contributed by atoms with Crippen molar-refractivity contribution in [2.24, 2.45) is 0 Å². The van der Waals surface area contributed by atoms with Crippen molar-refractivity contribution in [2.45, 2.75) is 33.4 Å². The van der Waals surface area contributed by atoms with Crippen molar-refractivity contribution in [3.8, 4) is 0 Å². The number of aryl methyl sites for hydroxylation is 2. The van der Waals surface area contributed by atoms with Gasteiger partial charge in [-0.15, -0.1) is 0 Å². The second-order valence-corrected chi connectivity index (χ2v) is 4.86. The first-order valence-electron chi connectivity index (χ1n) is 6.01. The number of nitrogens with zero attached hydrogens (tertiary/aromatic N) is 1. The average Bonchev–Trinajstić information content (AvgIpc) is 2.54. The van der Waals surface area contributed by atoms with Gasteiger partial charge in [-0.2, -0.15) is 0 Å². The fourth-order valence-electron chi connectivity index (χ4n) is 2.94. The van der Waals surface area contributed by atoms with Gasteiger partial charge in [0.25, 0.3) is 0 Å². The summed E-state index contributed by atoms with van der Waals surface area (Å²) in [6.07, 6.45) is 0. The molecule has 1 aliphatic heterocycles. The fraction of sp³-hybridized carbons (Fsp3) is 0.429. The van der Waals surface area contributed by atoms with Crippen LogP contribution in [0.3, 0.4) is 0 Å². The molecule has 0 spiro atoms. The Kier molecular flexibility index (Phi) is 2.08. The standard InChI is InChI=1S/C14H18N2/c1-9-4-5-13-12(8-9)10(2)14-11(3)15-6-7-16(13)14/h4-5,8,11,15H,6-7H2,1-3H3/t11-/m0/s1. The minimum Gasteiger partial charge on any atom is -0.342 e. The normalized spacial score (nSPS) is 20.1. The molecule has 2 heteroatoms. The van der Waals surface area contributed by atoms with Crippen LogP contribution in [-0.2, 0) is 6.54 Å². The largest absolute Gasteiger partial charge is 0.342 e. The molecule has 2 heterocycles. The predicted molar refractivity (Wildman–Crippen MR) is 67.8 cm³/mol. The van der Waals surface area contributed by atoms with E-state index in [9.17, 15) is 0 Å². The smallest absolute Gasteiger partial charge is 0.0486 e. The van der Waals surface area contributed by atoms with E-state index in [1.807, 2.05) is 0 Å². The van der Waals surface area contributed by atoms with Gasteiger partial charge in [-0.05, 0) is 38.5 Å². The Labute approximate surface area is 96.3 Å². The van der Waals surface area contributed by atoms with Crippen LogP contribution in [-0.4, -0.2) is 11.1 Å². The predicted octanol–water partition coefficient (Wildman–Crippen LogP) is 2.92. The maximum absolute atomic E-state index is 3.53. The Morgan fingerprint density at radius 3 is 2.94 bits per heavy atom. The first-order chi connectivity index (χ1) is 7.68. The summed E-state index contributed by atoms with van der Waals surface area (Å²) < 4.78 is 2.48. The maximum Gasteiger partial charge on any atom is 0.0486 e. The highest BCUT2D eigenvalue weighted by molar-refractivity contribution is 5.86. The van der Waals surface area contributed by atoms with Crippen LogP contribution in [0, 0.1) is 13.8 Å². The van der Waals surface area contributed by atoms with E-state index in [-0.39, 0.29) is 0 Å². The number of aromatic nitrogens is 1. The van der Waals surface area contributed by atoms with Gasteiger partial charge < -0.3 is 9.88 Å². The molecule has 0 bridgehead atoms. The SMILES string of the molecule is Cc1ccc2c(c1)c(C)c1n2CCN[C@H]1C. The summed E-state index contributed by atoms with van der Waals surface area (Å²) in [5, 5.41) is 4.96. The first kappa shape index (κ1) is 9.91. The highest BCUT2D eigenvalue weighted by Gasteiger charge is 2.21. The Morgan fingerprint density at radius 2 is 2.12 bits per heavy atom. The van der Waals surface area contributed by atoms with Crippen LogP contribution in [0.5, 0.6) is 0 Å². The lowest BCUT2D eigenvalue weighted by Crippen LogP contribution is -2.31. The summed E-state index contributed by atoms with van der Waals surface area (Å²) >= 11 is 0. The van der Waals surface area contributed by atoms with Crippen molar-refractivity contribution >= 4 is 10.9 Å². The zero-order valence-electron chi connectivity index (χ0n) is 10.2. The number of fused-ring (bicyclic) bond motifs is 3. The molecule has 0 radical (unpaired) electrons. The third-order valence-corrected chi connectivity index (χ3v) is 3.72. The van der Waals surface area contributed by atoms with E-state index in [1.54, 1.807) is 0 Å². The van der Waals surface area contributed by atoms with E-state index < -0.39 is 0 Å². The summed E-state index contributed by atoms with van der Waals surface area (Å²) in [5.41, 5.74) is 5.65. The van der Waals surface area contributed by atoms with Crippen LogP contribution in [0.1, 0.15) is 29.8 Å². The molecule has 0 unspecified atom stereocenters. The number of rotatable bonds is 0. The van der Waals surface area contributed by atoms with Crippen molar-refractivity contribution < 1.29 is 0 Å². The molecular formula is C14H18N2. The Balaban J connectivity index is 2.38. The summed E-state index contributed by atoms with van der Waals surface area (Å²) in [6, 6.07) is 7.25. The molecule has 1 aromatic heterocycles. The monoisotopic (exact) mass is 214 g/mol. The highest BCUT2D eigenvalue weighted by Crippen LogP contribution is 2.31.